The molecule has 0 saturated heterocycles. The Balaban J connectivity index is 2.18. The average Bonchev–Trinajstić information content (AvgIpc) is 2.40. The van der Waals surface area contributed by atoms with E-state index in [1.807, 2.05) is 26.0 Å². The van der Waals surface area contributed by atoms with Crippen molar-refractivity contribution in [2.45, 2.75) is 20.0 Å². The van der Waals surface area contributed by atoms with Gasteiger partial charge in [0.05, 0.1) is 12.4 Å². The lowest BCUT2D eigenvalue weighted by Crippen LogP contribution is -1.94. The van der Waals surface area contributed by atoms with Gasteiger partial charge in [0.25, 0.3) is 0 Å². The van der Waals surface area contributed by atoms with Gasteiger partial charge >= 0.3 is 0 Å². The van der Waals surface area contributed by atoms with Crippen LogP contribution in [0.15, 0.2) is 60.9 Å². The van der Waals surface area contributed by atoms with Crippen molar-refractivity contribution in [1.82, 2.24) is 0 Å². The van der Waals surface area contributed by atoms with Gasteiger partial charge in [0.15, 0.2) is 0 Å². The molecule has 0 atom stereocenters. The third-order valence-electron chi connectivity index (χ3n) is 2.60. The highest BCUT2D eigenvalue weighted by atomic mass is 16.5. The molecule has 0 saturated carbocycles. The summed E-state index contributed by atoms with van der Waals surface area (Å²) in [4.78, 5) is 0. The van der Waals surface area contributed by atoms with Crippen LogP contribution in [0, 0.1) is 0 Å². The molecule has 0 spiro atoms. The van der Waals surface area contributed by atoms with Crippen molar-refractivity contribution in [3.63, 3.8) is 0 Å². The molecule has 92 valence electrons. The molecule has 0 unspecified atom stereocenters. The molecule has 0 aromatic heterocycles. The van der Waals surface area contributed by atoms with Crippen LogP contribution in [-0.2, 0) is 4.74 Å². The van der Waals surface area contributed by atoms with Crippen molar-refractivity contribution in [2.75, 3.05) is 0 Å². The topological polar surface area (TPSA) is 9.23 Å². The number of benzene rings is 2. The first-order valence-electron chi connectivity index (χ1n) is 6.23. The zero-order valence-corrected chi connectivity index (χ0v) is 10.8. The number of hydrogen-bond donors (Lipinski definition) is 0. The minimum Gasteiger partial charge on any atom is -0.499 e. The van der Waals surface area contributed by atoms with Crippen molar-refractivity contribution in [3.8, 4) is 11.1 Å². The standard InChI is InChI=1S/C17H18O/c1-14(2)18-12-11-15-7-6-10-17(13-15)16-8-4-3-5-9-16/h3-14H,1-2H3. The number of ether oxygens (including phenoxy) is 1. The minimum absolute atomic E-state index is 0.221. The molecule has 0 aliphatic rings. The molecule has 0 aliphatic heterocycles. The Hall–Kier alpha value is -2.02. The number of rotatable bonds is 4. The SMILES string of the molecule is CC(C)OC=Cc1cccc(-c2ccccc2)c1. The largest absolute Gasteiger partial charge is 0.499 e. The fourth-order valence-electron chi connectivity index (χ4n) is 1.73. The van der Waals surface area contributed by atoms with Gasteiger partial charge in [-0.25, -0.2) is 0 Å². The van der Waals surface area contributed by atoms with Gasteiger partial charge in [-0.1, -0.05) is 48.5 Å². The van der Waals surface area contributed by atoms with Gasteiger partial charge in [0.2, 0.25) is 0 Å². The van der Waals surface area contributed by atoms with Gasteiger partial charge < -0.3 is 4.74 Å². The van der Waals surface area contributed by atoms with Crippen LogP contribution in [0.3, 0.4) is 0 Å². The summed E-state index contributed by atoms with van der Waals surface area (Å²) in [6.45, 7) is 4.04. The molecule has 1 nitrogen and oxygen atoms in total. The quantitative estimate of drug-likeness (QED) is 0.698. The zero-order valence-electron chi connectivity index (χ0n) is 10.8. The molecule has 18 heavy (non-hydrogen) atoms. The van der Waals surface area contributed by atoms with E-state index in [0.29, 0.717) is 0 Å². The molecular formula is C17H18O. The second kappa shape index (κ2) is 6.06. The third-order valence-corrected chi connectivity index (χ3v) is 2.60. The summed E-state index contributed by atoms with van der Waals surface area (Å²) in [7, 11) is 0. The van der Waals surface area contributed by atoms with Crippen LogP contribution < -0.4 is 0 Å². The van der Waals surface area contributed by atoms with Gasteiger partial charge in [-0.2, -0.15) is 0 Å². The van der Waals surface area contributed by atoms with E-state index in [2.05, 4.69) is 48.5 Å². The van der Waals surface area contributed by atoms with Crippen LogP contribution in [-0.4, -0.2) is 6.10 Å². The summed E-state index contributed by atoms with van der Waals surface area (Å²) in [5.74, 6) is 0. The normalized spacial score (nSPS) is 11.1. The van der Waals surface area contributed by atoms with E-state index in [4.69, 9.17) is 4.74 Å². The Morgan fingerprint density at radius 1 is 0.889 bits per heavy atom. The molecule has 2 aromatic carbocycles. The Morgan fingerprint density at radius 2 is 1.61 bits per heavy atom. The first kappa shape index (κ1) is 12.4. The first-order chi connectivity index (χ1) is 8.75. The van der Waals surface area contributed by atoms with E-state index in [0.717, 1.165) is 5.56 Å². The lowest BCUT2D eigenvalue weighted by molar-refractivity contribution is 0.181. The van der Waals surface area contributed by atoms with E-state index in [-0.39, 0.29) is 6.10 Å². The molecule has 0 bridgehead atoms. The fourth-order valence-corrected chi connectivity index (χ4v) is 1.73. The second-order valence-corrected chi connectivity index (χ2v) is 4.48. The first-order valence-corrected chi connectivity index (χ1v) is 6.23. The smallest absolute Gasteiger partial charge is 0.0922 e. The molecule has 1 heteroatoms. The molecule has 2 rings (SSSR count). The van der Waals surface area contributed by atoms with Crippen LogP contribution >= 0.6 is 0 Å². The third kappa shape index (κ3) is 3.49. The zero-order chi connectivity index (χ0) is 12.8. The van der Waals surface area contributed by atoms with Gasteiger partial charge in [-0.3, -0.25) is 0 Å². The van der Waals surface area contributed by atoms with Crippen molar-refractivity contribution >= 4 is 6.08 Å². The van der Waals surface area contributed by atoms with E-state index in [9.17, 15) is 0 Å². The van der Waals surface area contributed by atoms with Crippen molar-refractivity contribution in [1.29, 1.82) is 0 Å². The fraction of sp³-hybridized carbons (Fsp3) is 0.176. The molecule has 0 amide bonds. The summed E-state index contributed by atoms with van der Waals surface area (Å²) in [6, 6.07) is 18.8. The van der Waals surface area contributed by atoms with Crippen LogP contribution in [0.1, 0.15) is 19.4 Å². The summed E-state index contributed by atoms with van der Waals surface area (Å²) >= 11 is 0. The molecule has 2 aromatic rings. The summed E-state index contributed by atoms with van der Waals surface area (Å²) < 4.78 is 5.41. The van der Waals surface area contributed by atoms with Crippen LogP contribution in [0.5, 0.6) is 0 Å². The van der Waals surface area contributed by atoms with Gasteiger partial charge in [-0.15, -0.1) is 0 Å². The van der Waals surface area contributed by atoms with Gasteiger partial charge in [0, 0.05) is 0 Å². The monoisotopic (exact) mass is 238 g/mol. The Morgan fingerprint density at radius 3 is 2.33 bits per heavy atom. The predicted molar refractivity (Wildman–Crippen MR) is 77.1 cm³/mol. The maximum Gasteiger partial charge on any atom is 0.0922 e. The molecule has 0 aliphatic carbocycles. The summed E-state index contributed by atoms with van der Waals surface area (Å²) in [5, 5.41) is 0. The van der Waals surface area contributed by atoms with Gasteiger partial charge in [0.1, 0.15) is 0 Å². The highest BCUT2D eigenvalue weighted by molar-refractivity contribution is 5.67. The van der Waals surface area contributed by atoms with Crippen molar-refractivity contribution < 1.29 is 4.74 Å². The molecule has 0 heterocycles. The lowest BCUT2D eigenvalue weighted by Gasteiger charge is -2.04. The van der Waals surface area contributed by atoms with E-state index in [1.165, 1.54) is 11.1 Å². The molecule has 0 N–H and O–H groups in total. The highest BCUT2D eigenvalue weighted by Gasteiger charge is 1.96. The number of hydrogen-bond acceptors (Lipinski definition) is 1. The second-order valence-electron chi connectivity index (χ2n) is 4.48. The summed E-state index contributed by atoms with van der Waals surface area (Å²) in [5.41, 5.74) is 3.61. The highest BCUT2D eigenvalue weighted by Crippen LogP contribution is 2.20. The molecular weight excluding hydrogens is 220 g/mol. The van der Waals surface area contributed by atoms with Crippen molar-refractivity contribution in [2.24, 2.45) is 0 Å². The van der Waals surface area contributed by atoms with E-state index in [1.54, 1.807) is 6.26 Å². The Bertz CT molecular complexity index is 512. The minimum atomic E-state index is 0.221. The Kier molecular flexibility index (Phi) is 4.19. The Labute approximate surface area is 109 Å². The summed E-state index contributed by atoms with van der Waals surface area (Å²) in [6.07, 6.45) is 3.97. The van der Waals surface area contributed by atoms with Crippen LogP contribution in [0.25, 0.3) is 17.2 Å². The van der Waals surface area contributed by atoms with Crippen molar-refractivity contribution in [3.05, 3.63) is 66.4 Å². The predicted octanol–water partition coefficient (Wildman–Crippen LogP) is 4.75. The van der Waals surface area contributed by atoms with Crippen LogP contribution in [0.4, 0.5) is 0 Å². The molecule has 0 radical (unpaired) electrons. The lowest BCUT2D eigenvalue weighted by atomic mass is 10.0. The van der Waals surface area contributed by atoms with E-state index < -0.39 is 0 Å². The van der Waals surface area contributed by atoms with Gasteiger partial charge in [-0.05, 0) is 42.7 Å². The molecule has 0 fully saturated rings. The maximum absolute atomic E-state index is 5.41. The van der Waals surface area contributed by atoms with E-state index >= 15 is 0 Å². The maximum atomic E-state index is 5.41. The van der Waals surface area contributed by atoms with Crippen LogP contribution in [0.2, 0.25) is 0 Å². The average molecular weight is 238 g/mol.